The second kappa shape index (κ2) is 7.70. The van der Waals surface area contributed by atoms with Crippen molar-refractivity contribution in [3.05, 3.63) is 88.2 Å². The quantitative estimate of drug-likeness (QED) is 0.408. The third-order valence-corrected chi connectivity index (χ3v) is 5.61. The molecule has 6 aromatic rings. The Labute approximate surface area is 194 Å². The minimum atomic E-state index is -0.632. The molecule has 170 valence electrons. The predicted octanol–water partition coefficient (Wildman–Crippen LogP) is 3.05. The van der Waals surface area contributed by atoms with E-state index in [1.165, 1.54) is 27.8 Å². The van der Waals surface area contributed by atoms with Gasteiger partial charge in [-0.2, -0.15) is 10.4 Å². The fourth-order valence-corrected chi connectivity index (χ4v) is 3.96. The zero-order valence-electron chi connectivity index (χ0n) is 17.7. The highest BCUT2D eigenvalue weighted by atomic mass is 19.1. The third-order valence-electron chi connectivity index (χ3n) is 5.61. The van der Waals surface area contributed by atoms with Crippen LogP contribution < -0.4 is 5.69 Å². The summed E-state index contributed by atoms with van der Waals surface area (Å²) in [7, 11) is 0. The minimum Gasteiger partial charge on any atom is -0.306 e. The van der Waals surface area contributed by atoms with Crippen LogP contribution in [0.3, 0.4) is 0 Å². The van der Waals surface area contributed by atoms with E-state index in [-0.39, 0.29) is 29.0 Å². The standard InChI is InChI=1S/C23H13F2N9O/c24-15-5-12(9-26)10-27-19(15)11-33-20(3-4-28-33)13-6-16(25)22-21(7-13)34(32-31-22)14-1-2-17-18(8-14)30-23(35)29-17/h1-8,10H,11H2,(H2,29,30,35). The van der Waals surface area contributed by atoms with E-state index in [1.807, 2.05) is 6.07 Å². The summed E-state index contributed by atoms with van der Waals surface area (Å²) in [5.41, 5.74) is 3.11. The molecule has 6 rings (SSSR count). The Bertz CT molecular complexity index is 1850. The van der Waals surface area contributed by atoms with Crippen molar-refractivity contribution in [3.8, 4) is 23.0 Å². The number of hydrogen-bond donors (Lipinski definition) is 2. The molecule has 0 spiro atoms. The number of aromatic amines is 2. The summed E-state index contributed by atoms with van der Waals surface area (Å²) in [6.45, 7) is -0.0193. The van der Waals surface area contributed by atoms with E-state index in [2.05, 4.69) is 30.4 Å². The topological polar surface area (TPSA) is 134 Å². The number of nitrogens with one attached hydrogen (secondary N) is 2. The summed E-state index contributed by atoms with van der Waals surface area (Å²) < 4.78 is 32.4. The smallest absolute Gasteiger partial charge is 0.306 e. The van der Waals surface area contributed by atoms with Crippen molar-refractivity contribution in [1.29, 1.82) is 5.26 Å². The second-order valence-electron chi connectivity index (χ2n) is 7.77. The van der Waals surface area contributed by atoms with E-state index in [0.29, 0.717) is 33.5 Å². The largest absolute Gasteiger partial charge is 0.323 e. The summed E-state index contributed by atoms with van der Waals surface area (Å²) in [5, 5.41) is 21.2. The van der Waals surface area contributed by atoms with Crippen LogP contribution >= 0.6 is 0 Å². The lowest BCUT2D eigenvalue weighted by Crippen LogP contribution is -2.08. The summed E-state index contributed by atoms with van der Waals surface area (Å²) in [6, 6.07) is 12.8. The maximum atomic E-state index is 15.0. The highest BCUT2D eigenvalue weighted by molar-refractivity contribution is 5.84. The molecule has 0 fully saturated rings. The highest BCUT2D eigenvalue weighted by Gasteiger charge is 2.17. The van der Waals surface area contributed by atoms with Crippen LogP contribution in [0.4, 0.5) is 8.78 Å². The maximum absolute atomic E-state index is 15.0. The van der Waals surface area contributed by atoms with Crippen molar-refractivity contribution in [2.75, 3.05) is 0 Å². The highest BCUT2D eigenvalue weighted by Crippen LogP contribution is 2.28. The second-order valence-corrected chi connectivity index (χ2v) is 7.77. The summed E-state index contributed by atoms with van der Waals surface area (Å²) >= 11 is 0. The number of rotatable bonds is 4. The third kappa shape index (κ3) is 3.42. The molecule has 0 bridgehead atoms. The van der Waals surface area contributed by atoms with Crippen LogP contribution in [-0.4, -0.2) is 39.7 Å². The number of pyridine rings is 1. The zero-order chi connectivity index (χ0) is 24.1. The molecule has 2 N–H and O–H groups in total. The first-order valence-corrected chi connectivity index (χ1v) is 10.3. The molecule has 35 heavy (non-hydrogen) atoms. The van der Waals surface area contributed by atoms with Crippen LogP contribution in [0.1, 0.15) is 11.3 Å². The first kappa shape index (κ1) is 20.4. The fourth-order valence-electron chi connectivity index (χ4n) is 3.96. The van der Waals surface area contributed by atoms with Crippen molar-refractivity contribution < 1.29 is 8.78 Å². The molecule has 4 aromatic heterocycles. The minimum absolute atomic E-state index is 0.0193. The molecule has 0 saturated heterocycles. The van der Waals surface area contributed by atoms with Crippen molar-refractivity contribution in [3.63, 3.8) is 0 Å². The SMILES string of the molecule is N#Cc1cnc(Cn2nccc2-c2cc(F)c3nnn(-c4ccc5[nH]c(=O)[nH]c5c4)c3c2)c(F)c1. The van der Waals surface area contributed by atoms with E-state index in [4.69, 9.17) is 5.26 Å². The Morgan fingerprint density at radius 2 is 1.89 bits per heavy atom. The number of nitrogens with zero attached hydrogens (tertiary/aromatic N) is 7. The number of benzene rings is 2. The molecule has 12 heteroatoms. The van der Waals surface area contributed by atoms with Crippen molar-refractivity contribution in [2.24, 2.45) is 0 Å². The Morgan fingerprint density at radius 3 is 2.71 bits per heavy atom. The number of fused-ring (bicyclic) bond motifs is 2. The van der Waals surface area contributed by atoms with Gasteiger partial charge in [0.2, 0.25) is 0 Å². The van der Waals surface area contributed by atoms with Crippen molar-refractivity contribution >= 4 is 22.1 Å². The van der Waals surface area contributed by atoms with E-state index in [0.717, 1.165) is 6.07 Å². The van der Waals surface area contributed by atoms with E-state index in [1.54, 1.807) is 30.3 Å². The van der Waals surface area contributed by atoms with Gasteiger partial charge in [0, 0.05) is 18.0 Å². The number of H-pyrrole nitrogens is 2. The van der Waals surface area contributed by atoms with E-state index in [9.17, 15) is 9.18 Å². The average molecular weight is 469 g/mol. The van der Waals surface area contributed by atoms with Crippen molar-refractivity contribution in [1.82, 2.24) is 39.7 Å². The van der Waals surface area contributed by atoms with Crippen LogP contribution in [-0.2, 0) is 6.54 Å². The normalized spacial score (nSPS) is 11.3. The predicted molar refractivity (Wildman–Crippen MR) is 121 cm³/mol. The molecule has 0 atom stereocenters. The van der Waals surface area contributed by atoms with Gasteiger partial charge in [0.1, 0.15) is 17.4 Å². The van der Waals surface area contributed by atoms with Gasteiger partial charge in [-0.25, -0.2) is 18.3 Å². The Morgan fingerprint density at radius 1 is 1.03 bits per heavy atom. The molecule has 0 saturated carbocycles. The lowest BCUT2D eigenvalue weighted by molar-refractivity contribution is 0.572. The van der Waals surface area contributed by atoms with Crippen LogP contribution in [0.15, 0.2) is 59.7 Å². The first-order valence-electron chi connectivity index (χ1n) is 10.3. The molecule has 10 nitrogen and oxygen atoms in total. The van der Waals surface area contributed by atoms with Crippen LogP contribution in [0.2, 0.25) is 0 Å². The molecule has 0 aliphatic heterocycles. The monoisotopic (exact) mass is 469 g/mol. The average Bonchev–Trinajstić information content (AvgIpc) is 3.57. The van der Waals surface area contributed by atoms with Crippen LogP contribution in [0.5, 0.6) is 0 Å². The molecule has 0 amide bonds. The summed E-state index contributed by atoms with van der Waals surface area (Å²) in [4.78, 5) is 21.0. The number of aromatic nitrogens is 8. The van der Waals surface area contributed by atoms with Gasteiger partial charge in [0.05, 0.1) is 45.7 Å². The van der Waals surface area contributed by atoms with Gasteiger partial charge >= 0.3 is 5.69 Å². The van der Waals surface area contributed by atoms with Gasteiger partial charge in [-0.05, 0) is 42.5 Å². The Balaban J connectivity index is 1.44. The lowest BCUT2D eigenvalue weighted by atomic mass is 10.1. The maximum Gasteiger partial charge on any atom is 0.323 e. The van der Waals surface area contributed by atoms with E-state index < -0.39 is 11.6 Å². The molecule has 4 heterocycles. The van der Waals surface area contributed by atoms with Gasteiger partial charge in [-0.3, -0.25) is 9.67 Å². The Kier molecular flexibility index (Phi) is 4.49. The van der Waals surface area contributed by atoms with Gasteiger partial charge in [0.15, 0.2) is 5.82 Å². The Hall–Kier alpha value is -5.18. The fraction of sp³-hybridized carbons (Fsp3) is 0.0435. The molecule has 2 aromatic carbocycles. The first-order chi connectivity index (χ1) is 17.0. The van der Waals surface area contributed by atoms with Gasteiger partial charge in [-0.15, -0.1) is 5.10 Å². The van der Waals surface area contributed by atoms with Crippen molar-refractivity contribution in [2.45, 2.75) is 6.54 Å². The van der Waals surface area contributed by atoms with E-state index >= 15 is 4.39 Å². The summed E-state index contributed by atoms with van der Waals surface area (Å²) in [5.74, 6) is -1.22. The van der Waals surface area contributed by atoms with Crippen LogP contribution in [0.25, 0.3) is 39.0 Å². The number of hydrogen-bond acceptors (Lipinski definition) is 6. The number of imidazole rings is 1. The zero-order valence-corrected chi connectivity index (χ0v) is 17.7. The molecule has 0 aliphatic carbocycles. The molecule has 0 aliphatic rings. The molecular formula is C23H13F2N9O. The number of nitriles is 1. The summed E-state index contributed by atoms with van der Waals surface area (Å²) in [6.07, 6.45) is 2.80. The van der Waals surface area contributed by atoms with Gasteiger partial charge < -0.3 is 9.97 Å². The lowest BCUT2D eigenvalue weighted by Gasteiger charge is -2.09. The number of halogens is 2. The molecule has 0 unspecified atom stereocenters. The molecular weight excluding hydrogens is 456 g/mol. The van der Waals surface area contributed by atoms with Gasteiger partial charge in [0.25, 0.3) is 0 Å². The van der Waals surface area contributed by atoms with Crippen LogP contribution in [0, 0.1) is 23.0 Å². The van der Waals surface area contributed by atoms with Gasteiger partial charge in [-0.1, -0.05) is 5.21 Å². The molecule has 0 radical (unpaired) electrons.